The van der Waals surface area contributed by atoms with Gasteiger partial charge in [-0.05, 0) is 68.9 Å². The van der Waals surface area contributed by atoms with Gasteiger partial charge in [-0.2, -0.15) is 0 Å². The van der Waals surface area contributed by atoms with E-state index in [0.29, 0.717) is 38.1 Å². The standard InChI is InChI=1S/C34H26N2O7/c1-34(2,3)15-4-6-16(7-5-15)43-24-14-23(31(36)38)26-20(30(35)37)11-8-18-17-9-12-21(32(39)40)27-22(33(41)42)13-10-19(25(17)27)28(24)29(18)26/h4-14H,1-3H3,(H2,35,37)(H2,36,38)(H,39,40)(H,41,42). The minimum Gasteiger partial charge on any atom is -0.478 e. The number of benzene rings is 6. The van der Waals surface area contributed by atoms with Gasteiger partial charge < -0.3 is 26.4 Å². The van der Waals surface area contributed by atoms with Gasteiger partial charge in [-0.25, -0.2) is 9.59 Å². The summed E-state index contributed by atoms with van der Waals surface area (Å²) in [5.74, 6) is -3.49. The molecule has 0 unspecified atom stereocenters. The van der Waals surface area contributed by atoms with Gasteiger partial charge in [-0.15, -0.1) is 0 Å². The zero-order chi connectivity index (χ0) is 31.0. The molecule has 0 aliphatic carbocycles. The summed E-state index contributed by atoms with van der Waals surface area (Å²) in [5, 5.41) is 23.1. The molecule has 0 aliphatic rings. The number of amides is 2. The quantitative estimate of drug-likeness (QED) is 0.131. The highest BCUT2D eigenvalue weighted by Crippen LogP contribution is 2.48. The molecule has 9 nitrogen and oxygen atoms in total. The van der Waals surface area contributed by atoms with E-state index in [4.69, 9.17) is 16.2 Å². The minimum absolute atomic E-state index is 0.0136. The Morgan fingerprint density at radius 2 is 1.07 bits per heavy atom. The van der Waals surface area contributed by atoms with E-state index in [1.807, 2.05) is 12.1 Å². The molecule has 0 aliphatic heterocycles. The number of fused-ring (bicyclic) bond motifs is 2. The van der Waals surface area contributed by atoms with Crippen LogP contribution in [0.4, 0.5) is 0 Å². The number of carboxylic acid groups (broad SMARTS) is 2. The van der Waals surface area contributed by atoms with E-state index >= 15 is 0 Å². The van der Waals surface area contributed by atoms with Gasteiger partial charge in [0.25, 0.3) is 0 Å². The maximum absolute atomic E-state index is 12.8. The highest BCUT2D eigenvalue weighted by molar-refractivity contribution is 6.39. The Hall–Kier alpha value is -5.70. The molecule has 6 N–H and O–H groups in total. The SMILES string of the molecule is CC(C)(C)c1ccc(Oc2cc(C(N)=O)c3c(C(N)=O)ccc4c5ccc(C(=O)O)c6c(C(=O)O)ccc(c2c34)c65)cc1. The van der Waals surface area contributed by atoms with Crippen molar-refractivity contribution in [2.45, 2.75) is 26.2 Å². The lowest BCUT2D eigenvalue weighted by Crippen LogP contribution is -2.17. The number of hydrogen-bond donors (Lipinski definition) is 4. The van der Waals surface area contributed by atoms with Crippen LogP contribution in [0.3, 0.4) is 0 Å². The highest BCUT2D eigenvalue weighted by Gasteiger charge is 2.27. The van der Waals surface area contributed by atoms with Crippen LogP contribution in [0.5, 0.6) is 11.5 Å². The molecule has 0 bridgehead atoms. The Morgan fingerprint density at radius 1 is 0.581 bits per heavy atom. The van der Waals surface area contributed by atoms with E-state index < -0.39 is 23.8 Å². The van der Waals surface area contributed by atoms with Gasteiger partial charge in [0.05, 0.1) is 16.7 Å². The number of hydrogen-bond acceptors (Lipinski definition) is 5. The maximum Gasteiger partial charge on any atom is 0.336 e. The molecule has 6 rings (SSSR count). The molecule has 0 atom stereocenters. The van der Waals surface area contributed by atoms with E-state index in [2.05, 4.69) is 20.8 Å². The Kier molecular flexibility index (Phi) is 6.02. The molecule has 43 heavy (non-hydrogen) atoms. The molecule has 0 radical (unpaired) electrons. The zero-order valence-electron chi connectivity index (χ0n) is 23.4. The first kappa shape index (κ1) is 27.5. The lowest BCUT2D eigenvalue weighted by atomic mass is 9.83. The second-order valence-electron chi connectivity index (χ2n) is 11.5. The number of carbonyl (C=O) groups excluding carboxylic acids is 2. The lowest BCUT2D eigenvalue weighted by molar-refractivity contribution is 0.0695. The lowest BCUT2D eigenvalue weighted by Gasteiger charge is -2.22. The summed E-state index contributed by atoms with van der Waals surface area (Å²) in [4.78, 5) is 50.0. The van der Waals surface area contributed by atoms with Crippen LogP contribution in [-0.2, 0) is 5.41 Å². The van der Waals surface area contributed by atoms with Gasteiger partial charge in [0.1, 0.15) is 11.5 Å². The summed E-state index contributed by atoms with van der Waals surface area (Å²) < 4.78 is 6.40. The molecule has 6 aromatic carbocycles. The Labute approximate surface area is 244 Å². The molecule has 0 fully saturated rings. The van der Waals surface area contributed by atoms with Gasteiger partial charge >= 0.3 is 11.9 Å². The number of carboxylic acids is 2. The maximum atomic E-state index is 12.8. The van der Waals surface area contributed by atoms with E-state index in [0.717, 1.165) is 5.56 Å². The van der Waals surface area contributed by atoms with Crippen LogP contribution in [0.1, 0.15) is 67.8 Å². The number of carbonyl (C=O) groups is 4. The number of primary amides is 2. The molecule has 0 spiro atoms. The first-order chi connectivity index (χ1) is 20.3. The largest absolute Gasteiger partial charge is 0.478 e. The molecule has 214 valence electrons. The van der Waals surface area contributed by atoms with Gasteiger partial charge in [0, 0.05) is 27.1 Å². The second kappa shape index (κ2) is 9.42. The van der Waals surface area contributed by atoms with Crippen LogP contribution in [-0.4, -0.2) is 34.0 Å². The molecule has 0 saturated heterocycles. The van der Waals surface area contributed by atoms with Crippen molar-refractivity contribution in [1.29, 1.82) is 0 Å². The van der Waals surface area contributed by atoms with Gasteiger partial charge in [-0.1, -0.05) is 51.1 Å². The predicted molar refractivity (Wildman–Crippen MR) is 164 cm³/mol. The summed E-state index contributed by atoms with van der Waals surface area (Å²) in [6.07, 6.45) is 0. The summed E-state index contributed by atoms with van der Waals surface area (Å²) in [7, 11) is 0. The first-order valence-electron chi connectivity index (χ1n) is 13.4. The fourth-order valence-corrected chi connectivity index (χ4v) is 5.95. The van der Waals surface area contributed by atoms with Crippen molar-refractivity contribution in [1.82, 2.24) is 0 Å². The van der Waals surface area contributed by atoms with Crippen LogP contribution in [0.25, 0.3) is 43.1 Å². The third-order valence-corrected chi connectivity index (χ3v) is 7.91. The van der Waals surface area contributed by atoms with Crippen LogP contribution in [0, 0.1) is 0 Å². The molecule has 2 amide bonds. The molecular weight excluding hydrogens is 548 g/mol. The van der Waals surface area contributed by atoms with Crippen LogP contribution >= 0.6 is 0 Å². The van der Waals surface area contributed by atoms with Crippen molar-refractivity contribution in [3.63, 3.8) is 0 Å². The second-order valence-corrected chi connectivity index (χ2v) is 11.5. The zero-order valence-corrected chi connectivity index (χ0v) is 23.4. The van der Waals surface area contributed by atoms with E-state index in [-0.39, 0.29) is 44.2 Å². The van der Waals surface area contributed by atoms with E-state index in [1.54, 1.807) is 30.3 Å². The smallest absolute Gasteiger partial charge is 0.336 e. The molecule has 6 aromatic rings. The molecule has 9 heteroatoms. The number of aromatic carboxylic acids is 2. The van der Waals surface area contributed by atoms with Crippen molar-refractivity contribution in [3.05, 3.63) is 94.5 Å². The Balaban J connectivity index is 1.84. The highest BCUT2D eigenvalue weighted by atomic mass is 16.5. The number of ether oxygens (including phenoxy) is 1. The molecule has 0 saturated carbocycles. The van der Waals surface area contributed by atoms with Gasteiger partial charge in [-0.3, -0.25) is 9.59 Å². The molecule has 0 heterocycles. The van der Waals surface area contributed by atoms with Crippen molar-refractivity contribution >= 4 is 66.8 Å². The van der Waals surface area contributed by atoms with Crippen LogP contribution < -0.4 is 16.2 Å². The molecule has 0 aromatic heterocycles. The van der Waals surface area contributed by atoms with Crippen LogP contribution in [0.15, 0.2) is 66.7 Å². The average Bonchev–Trinajstić information content (AvgIpc) is 2.94. The summed E-state index contributed by atoms with van der Waals surface area (Å²) in [5.41, 5.74) is 12.3. The predicted octanol–water partition coefficient (Wildman–Crippen LogP) is 6.42. The summed E-state index contributed by atoms with van der Waals surface area (Å²) >= 11 is 0. The number of nitrogens with two attached hydrogens (primary N) is 2. The minimum atomic E-state index is -1.29. The van der Waals surface area contributed by atoms with Crippen molar-refractivity contribution in [2.24, 2.45) is 11.5 Å². The monoisotopic (exact) mass is 574 g/mol. The van der Waals surface area contributed by atoms with Crippen molar-refractivity contribution in [2.75, 3.05) is 0 Å². The third kappa shape index (κ3) is 4.16. The summed E-state index contributed by atoms with van der Waals surface area (Å²) in [6, 6.07) is 17.9. The average molecular weight is 575 g/mol. The first-order valence-corrected chi connectivity index (χ1v) is 13.4. The summed E-state index contributed by atoms with van der Waals surface area (Å²) in [6.45, 7) is 6.26. The van der Waals surface area contributed by atoms with Gasteiger partial charge in [0.15, 0.2) is 0 Å². The number of rotatable bonds is 6. The molecular formula is C34H26N2O7. The Bertz CT molecular complexity index is 2170. The normalized spacial score (nSPS) is 11.9. The van der Waals surface area contributed by atoms with E-state index in [9.17, 15) is 29.4 Å². The topological polar surface area (TPSA) is 170 Å². The van der Waals surface area contributed by atoms with Crippen LogP contribution in [0.2, 0.25) is 0 Å². The van der Waals surface area contributed by atoms with Crippen molar-refractivity contribution in [3.8, 4) is 11.5 Å². The fourth-order valence-electron chi connectivity index (χ4n) is 5.95. The van der Waals surface area contributed by atoms with E-state index in [1.165, 1.54) is 24.3 Å². The Morgan fingerprint density at radius 3 is 1.58 bits per heavy atom. The fraction of sp³-hybridized carbons (Fsp3) is 0.118. The van der Waals surface area contributed by atoms with Crippen molar-refractivity contribution < 1.29 is 34.1 Å². The van der Waals surface area contributed by atoms with Gasteiger partial charge in [0.2, 0.25) is 11.8 Å². The third-order valence-electron chi connectivity index (χ3n) is 7.91.